The van der Waals surface area contributed by atoms with Crippen LogP contribution in [-0.2, 0) is 14.4 Å². The summed E-state index contributed by atoms with van der Waals surface area (Å²) in [6.07, 6.45) is 0.0926. The van der Waals surface area contributed by atoms with Crippen LogP contribution in [0.2, 0.25) is 5.02 Å². The van der Waals surface area contributed by atoms with Gasteiger partial charge in [0, 0.05) is 16.7 Å². The molecule has 150 valence electrons. The van der Waals surface area contributed by atoms with E-state index in [2.05, 4.69) is 5.43 Å². The van der Waals surface area contributed by atoms with Gasteiger partial charge in [0.2, 0.25) is 0 Å². The van der Waals surface area contributed by atoms with Crippen LogP contribution in [0.25, 0.3) is 6.08 Å². The number of carboxylic acid groups (broad SMARTS) is 1. The predicted octanol–water partition coefficient (Wildman–Crippen LogP) is 2.66. The van der Waals surface area contributed by atoms with Crippen LogP contribution < -0.4 is 19.9 Å². The second kappa shape index (κ2) is 8.24. The minimum absolute atomic E-state index is 0.0538. The average molecular weight is 417 g/mol. The van der Waals surface area contributed by atoms with Gasteiger partial charge < -0.3 is 14.6 Å². The number of ether oxygens (including phenoxy) is 2. The van der Waals surface area contributed by atoms with E-state index in [1.165, 1.54) is 32.2 Å². The maximum absolute atomic E-state index is 12.8. The molecule has 1 fully saturated rings. The fourth-order valence-electron chi connectivity index (χ4n) is 2.67. The van der Waals surface area contributed by atoms with Gasteiger partial charge in [-0.25, -0.2) is 9.80 Å². The van der Waals surface area contributed by atoms with E-state index in [4.69, 9.17) is 26.2 Å². The van der Waals surface area contributed by atoms with Gasteiger partial charge in [-0.2, -0.15) is 0 Å². The molecule has 29 heavy (non-hydrogen) atoms. The van der Waals surface area contributed by atoms with Crippen LogP contribution in [0.5, 0.6) is 11.5 Å². The van der Waals surface area contributed by atoms with E-state index in [1.54, 1.807) is 30.3 Å². The number of halogens is 1. The first-order valence-electron chi connectivity index (χ1n) is 8.51. The second-order valence-electron chi connectivity index (χ2n) is 6.10. The minimum Gasteiger partial charge on any atom is -0.493 e. The zero-order chi connectivity index (χ0) is 21.1. The summed E-state index contributed by atoms with van der Waals surface area (Å²) in [5.74, 6) is -2.15. The Labute approximate surface area is 171 Å². The van der Waals surface area contributed by atoms with Gasteiger partial charge in [-0.15, -0.1) is 0 Å². The summed E-state index contributed by atoms with van der Waals surface area (Å²) in [6.45, 7) is 1.35. The van der Waals surface area contributed by atoms with Crippen LogP contribution in [-0.4, -0.2) is 36.1 Å². The molecule has 1 atom stereocenters. The summed E-state index contributed by atoms with van der Waals surface area (Å²) in [5.41, 5.74) is 3.05. The minimum atomic E-state index is -1.20. The highest BCUT2D eigenvalue weighted by Crippen LogP contribution is 2.37. The van der Waals surface area contributed by atoms with Crippen molar-refractivity contribution in [1.82, 2.24) is 5.43 Å². The number of benzene rings is 2. The number of nitrogens with one attached hydrogen (secondary N) is 1. The molecule has 1 heterocycles. The van der Waals surface area contributed by atoms with Gasteiger partial charge >= 0.3 is 5.97 Å². The lowest BCUT2D eigenvalue weighted by atomic mass is 10.1. The fourth-order valence-corrected chi connectivity index (χ4v) is 2.89. The summed E-state index contributed by atoms with van der Waals surface area (Å²) in [4.78, 5) is 36.4. The molecule has 9 heteroatoms. The molecule has 0 bridgehead atoms. The third-order valence-corrected chi connectivity index (χ3v) is 4.33. The number of hydrazine groups is 1. The highest BCUT2D eigenvalue weighted by molar-refractivity contribution is 6.32. The van der Waals surface area contributed by atoms with E-state index in [0.29, 0.717) is 5.69 Å². The van der Waals surface area contributed by atoms with Gasteiger partial charge in [-0.1, -0.05) is 29.8 Å². The highest BCUT2D eigenvalue weighted by Gasteiger charge is 2.35. The quantitative estimate of drug-likeness (QED) is 0.554. The molecule has 0 saturated carbocycles. The Hall–Kier alpha value is -3.52. The molecule has 0 aromatic heterocycles. The van der Waals surface area contributed by atoms with E-state index in [9.17, 15) is 14.4 Å². The molecule has 0 aliphatic carbocycles. The van der Waals surface area contributed by atoms with Gasteiger partial charge in [0.15, 0.2) is 17.6 Å². The smallest absolute Gasteiger partial charge is 0.344 e. The number of carbonyl (C=O) groups is 3. The van der Waals surface area contributed by atoms with E-state index in [-0.39, 0.29) is 27.7 Å². The Morgan fingerprint density at radius 2 is 1.93 bits per heavy atom. The molecule has 1 saturated heterocycles. The van der Waals surface area contributed by atoms with E-state index in [0.717, 1.165) is 5.01 Å². The largest absolute Gasteiger partial charge is 0.493 e. The number of hydrogen-bond acceptors (Lipinski definition) is 5. The maximum Gasteiger partial charge on any atom is 0.344 e. The van der Waals surface area contributed by atoms with Crippen molar-refractivity contribution in [2.45, 2.75) is 13.0 Å². The van der Waals surface area contributed by atoms with Crippen LogP contribution >= 0.6 is 11.6 Å². The normalized spacial score (nSPS) is 16.0. The Morgan fingerprint density at radius 3 is 2.55 bits per heavy atom. The van der Waals surface area contributed by atoms with Crippen LogP contribution in [0.3, 0.4) is 0 Å². The number of carbonyl (C=O) groups excluding carboxylic acids is 2. The first-order chi connectivity index (χ1) is 13.8. The first kappa shape index (κ1) is 20.2. The molecule has 1 aliphatic rings. The zero-order valence-corrected chi connectivity index (χ0v) is 16.3. The van der Waals surface area contributed by atoms with Crippen molar-refractivity contribution in [1.29, 1.82) is 0 Å². The Morgan fingerprint density at radius 1 is 1.24 bits per heavy atom. The van der Waals surface area contributed by atoms with Crippen molar-refractivity contribution >= 4 is 41.1 Å². The molecule has 0 radical (unpaired) electrons. The summed E-state index contributed by atoms with van der Waals surface area (Å²) in [6, 6.07) is 11.5. The molecule has 3 rings (SSSR count). The number of rotatable bonds is 6. The Kier molecular flexibility index (Phi) is 5.74. The lowest BCUT2D eigenvalue weighted by Gasteiger charge is -2.17. The number of aliphatic carboxylic acids is 1. The SMILES string of the molecule is COc1cc(Cl)cc(/C=C2\C(=O)NN(c3ccccc3)C2=O)c1O[C@@H](C)C(=O)O. The molecular formula is C20H17ClN2O6. The number of nitrogens with zero attached hydrogens (tertiary/aromatic N) is 1. The number of hydrogen-bond donors (Lipinski definition) is 2. The van der Waals surface area contributed by atoms with Crippen molar-refractivity contribution in [2.24, 2.45) is 0 Å². The van der Waals surface area contributed by atoms with Gasteiger partial charge in [0.05, 0.1) is 12.8 Å². The van der Waals surface area contributed by atoms with Gasteiger partial charge in [0.25, 0.3) is 11.8 Å². The number of para-hydroxylation sites is 1. The lowest BCUT2D eigenvalue weighted by Crippen LogP contribution is -2.35. The maximum atomic E-state index is 12.8. The zero-order valence-electron chi connectivity index (χ0n) is 15.5. The molecule has 2 N–H and O–H groups in total. The summed E-state index contributed by atoms with van der Waals surface area (Å²) in [7, 11) is 1.37. The van der Waals surface area contributed by atoms with E-state index < -0.39 is 23.9 Å². The van der Waals surface area contributed by atoms with Crippen molar-refractivity contribution in [3.05, 3.63) is 58.6 Å². The van der Waals surface area contributed by atoms with E-state index in [1.807, 2.05) is 0 Å². The number of anilines is 1. The molecule has 1 aliphatic heterocycles. The van der Waals surface area contributed by atoms with Crippen LogP contribution in [0.4, 0.5) is 5.69 Å². The van der Waals surface area contributed by atoms with Crippen molar-refractivity contribution in [3.8, 4) is 11.5 Å². The lowest BCUT2D eigenvalue weighted by molar-refractivity contribution is -0.144. The molecule has 2 aromatic carbocycles. The van der Waals surface area contributed by atoms with Gasteiger partial charge in [-0.3, -0.25) is 15.0 Å². The third kappa shape index (κ3) is 4.17. The topological polar surface area (TPSA) is 105 Å². The average Bonchev–Trinajstić information content (AvgIpc) is 2.98. The van der Waals surface area contributed by atoms with Crippen LogP contribution in [0.15, 0.2) is 48.0 Å². The monoisotopic (exact) mass is 416 g/mol. The van der Waals surface area contributed by atoms with Gasteiger partial charge in [0.1, 0.15) is 5.57 Å². The number of carboxylic acids is 1. The van der Waals surface area contributed by atoms with E-state index >= 15 is 0 Å². The molecule has 8 nitrogen and oxygen atoms in total. The molecule has 0 unspecified atom stereocenters. The van der Waals surface area contributed by atoms with Crippen molar-refractivity contribution in [3.63, 3.8) is 0 Å². The number of methoxy groups -OCH3 is 1. The van der Waals surface area contributed by atoms with Crippen LogP contribution in [0.1, 0.15) is 12.5 Å². The van der Waals surface area contributed by atoms with Crippen molar-refractivity contribution < 1.29 is 29.0 Å². The standard InChI is InChI=1S/C20H17ClN2O6/c1-11(20(26)27)29-17-12(8-13(21)10-16(17)28-2)9-15-18(24)22-23(19(15)25)14-6-4-3-5-7-14/h3-11H,1-2H3,(H,22,24)(H,26,27)/b15-9+/t11-/m0/s1. The fraction of sp³-hybridized carbons (Fsp3) is 0.150. The Balaban J connectivity index is 2.05. The summed E-state index contributed by atoms with van der Waals surface area (Å²) in [5, 5.41) is 10.5. The molecule has 2 amide bonds. The molecule has 2 aromatic rings. The molecule has 0 spiro atoms. The Bertz CT molecular complexity index is 1010. The first-order valence-corrected chi connectivity index (χ1v) is 8.88. The molecular weight excluding hydrogens is 400 g/mol. The van der Waals surface area contributed by atoms with Crippen molar-refractivity contribution in [2.75, 3.05) is 12.1 Å². The second-order valence-corrected chi connectivity index (χ2v) is 6.54. The van der Waals surface area contributed by atoms with Crippen LogP contribution in [0, 0.1) is 0 Å². The highest BCUT2D eigenvalue weighted by atomic mass is 35.5. The number of amides is 2. The summed E-state index contributed by atoms with van der Waals surface area (Å²) < 4.78 is 10.7. The summed E-state index contributed by atoms with van der Waals surface area (Å²) >= 11 is 6.11. The third-order valence-electron chi connectivity index (χ3n) is 4.12. The van der Waals surface area contributed by atoms with Gasteiger partial charge in [-0.05, 0) is 31.2 Å². The predicted molar refractivity (Wildman–Crippen MR) is 106 cm³/mol.